The molecule has 0 fully saturated rings. The zero-order valence-corrected chi connectivity index (χ0v) is 9.78. The highest BCUT2D eigenvalue weighted by atomic mass is 32.1. The molecule has 0 spiro atoms. The number of likely N-dealkylation sites (N-methyl/N-ethyl adjacent to an activating group) is 1. The number of fused-ring (bicyclic) bond motifs is 1. The molecule has 0 amide bonds. The maximum Gasteiger partial charge on any atom is 0.0928 e. The van der Waals surface area contributed by atoms with E-state index in [0.29, 0.717) is 0 Å². The number of nitrogens with zero attached hydrogens (tertiary/aromatic N) is 1. The molecule has 1 N–H and O–H groups in total. The van der Waals surface area contributed by atoms with Crippen LogP contribution in [-0.2, 0) is 12.8 Å². The van der Waals surface area contributed by atoms with Gasteiger partial charge < -0.3 is 5.32 Å². The van der Waals surface area contributed by atoms with Gasteiger partial charge >= 0.3 is 0 Å². The van der Waals surface area contributed by atoms with Gasteiger partial charge in [-0.05, 0) is 32.7 Å². The van der Waals surface area contributed by atoms with Crippen molar-refractivity contribution < 1.29 is 0 Å². The number of rotatable bonds is 3. The van der Waals surface area contributed by atoms with Crippen LogP contribution in [0.4, 0.5) is 0 Å². The molecule has 14 heavy (non-hydrogen) atoms. The topological polar surface area (TPSA) is 24.9 Å². The average molecular weight is 210 g/mol. The van der Waals surface area contributed by atoms with Crippen molar-refractivity contribution in [2.24, 2.45) is 0 Å². The van der Waals surface area contributed by atoms with Crippen LogP contribution in [0, 0.1) is 0 Å². The van der Waals surface area contributed by atoms with Crippen molar-refractivity contribution in [2.75, 3.05) is 13.6 Å². The van der Waals surface area contributed by atoms with E-state index < -0.39 is 0 Å². The molecular weight excluding hydrogens is 192 g/mol. The van der Waals surface area contributed by atoms with E-state index in [2.05, 4.69) is 12.2 Å². The van der Waals surface area contributed by atoms with Crippen LogP contribution in [0.25, 0.3) is 0 Å². The van der Waals surface area contributed by atoms with E-state index in [-0.39, 0.29) is 0 Å². The minimum atomic E-state index is 0.724. The molecule has 0 saturated heterocycles. The summed E-state index contributed by atoms with van der Waals surface area (Å²) < 4.78 is 0. The molecule has 0 aliphatic heterocycles. The molecular formula is C11H18N2S. The average Bonchev–Trinajstić information content (AvgIpc) is 2.62. The number of aromatic nitrogens is 1. The van der Waals surface area contributed by atoms with Gasteiger partial charge in [-0.2, -0.15) is 0 Å². The van der Waals surface area contributed by atoms with E-state index in [1.54, 1.807) is 4.88 Å². The van der Waals surface area contributed by atoms with Crippen LogP contribution in [0.3, 0.4) is 0 Å². The summed E-state index contributed by atoms with van der Waals surface area (Å²) in [7, 11) is 2.04. The van der Waals surface area contributed by atoms with Gasteiger partial charge in [0.25, 0.3) is 0 Å². The van der Waals surface area contributed by atoms with Gasteiger partial charge in [-0.15, -0.1) is 11.3 Å². The SMILES string of the molecule is CCc1nc2c(s1)C(CNC)CCC2. The summed E-state index contributed by atoms with van der Waals surface area (Å²) in [5, 5.41) is 4.60. The van der Waals surface area contributed by atoms with Crippen molar-refractivity contribution in [1.29, 1.82) is 0 Å². The first kappa shape index (κ1) is 10.1. The standard InChI is InChI=1S/C11H18N2S/c1-3-10-13-9-6-4-5-8(7-12-2)11(9)14-10/h8,12H,3-7H2,1-2H3. The monoisotopic (exact) mass is 210 g/mol. The summed E-state index contributed by atoms with van der Waals surface area (Å²) in [6.45, 7) is 3.30. The first-order valence-corrected chi connectivity index (χ1v) is 6.29. The molecule has 0 bridgehead atoms. The highest BCUT2D eigenvalue weighted by molar-refractivity contribution is 7.11. The van der Waals surface area contributed by atoms with Gasteiger partial charge in [0.1, 0.15) is 0 Å². The minimum Gasteiger partial charge on any atom is -0.319 e. The van der Waals surface area contributed by atoms with E-state index in [9.17, 15) is 0 Å². The Morgan fingerprint density at radius 2 is 2.43 bits per heavy atom. The number of nitrogens with one attached hydrogen (secondary N) is 1. The third-order valence-electron chi connectivity index (χ3n) is 2.86. The van der Waals surface area contributed by atoms with Crippen LogP contribution in [0.2, 0.25) is 0 Å². The fourth-order valence-corrected chi connectivity index (χ4v) is 3.34. The second kappa shape index (κ2) is 4.41. The Balaban J connectivity index is 2.24. The van der Waals surface area contributed by atoms with Gasteiger partial charge in [0.15, 0.2) is 0 Å². The van der Waals surface area contributed by atoms with Crippen LogP contribution in [0.15, 0.2) is 0 Å². The van der Waals surface area contributed by atoms with E-state index in [4.69, 9.17) is 4.98 Å². The molecule has 78 valence electrons. The Labute approximate surface area is 89.8 Å². The third kappa shape index (κ3) is 1.84. The molecule has 1 unspecified atom stereocenters. The third-order valence-corrected chi connectivity index (χ3v) is 4.27. The molecule has 1 aromatic heterocycles. The summed E-state index contributed by atoms with van der Waals surface area (Å²) >= 11 is 1.93. The van der Waals surface area contributed by atoms with Crippen LogP contribution >= 0.6 is 11.3 Å². The predicted molar refractivity (Wildman–Crippen MR) is 61.1 cm³/mol. The molecule has 1 heterocycles. The first-order chi connectivity index (χ1) is 6.85. The number of aryl methyl sites for hydroxylation is 2. The zero-order valence-electron chi connectivity index (χ0n) is 8.97. The molecule has 0 radical (unpaired) electrons. The van der Waals surface area contributed by atoms with Crippen LogP contribution in [0.5, 0.6) is 0 Å². The zero-order chi connectivity index (χ0) is 9.97. The minimum absolute atomic E-state index is 0.724. The van der Waals surface area contributed by atoms with Gasteiger partial charge in [0, 0.05) is 17.3 Å². The van der Waals surface area contributed by atoms with Crippen molar-refractivity contribution in [3.05, 3.63) is 15.6 Å². The van der Waals surface area contributed by atoms with Crippen molar-refractivity contribution in [3.63, 3.8) is 0 Å². The first-order valence-electron chi connectivity index (χ1n) is 5.48. The largest absolute Gasteiger partial charge is 0.319 e. The van der Waals surface area contributed by atoms with E-state index in [1.165, 1.54) is 30.0 Å². The molecule has 3 heteroatoms. The number of thiazole rings is 1. The van der Waals surface area contributed by atoms with Crippen molar-refractivity contribution in [2.45, 2.75) is 38.5 Å². The van der Waals surface area contributed by atoms with Crippen molar-refractivity contribution in [3.8, 4) is 0 Å². The summed E-state index contributed by atoms with van der Waals surface area (Å²) in [6, 6.07) is 0. The van der Waals surface area contributed by atoms with E-state index in [1.807, 2.05) is 18.4 Å². The second-order valence-corrected chi connectivity index (χ2v) is 5.03. The second-order valence-electron chi connectivity index (χ2n) is 3.92. The van der Waals surface area contributed by atoms with Crippen molar-refractivity contribution >= 4 is 11.3 Å². The molecule has 1 atom stereocenters. The Morgan fingerprint density at radius 3 is 3.14 bits per heavy atom. The van der Waals surface area contributed by atoms with Gasteiger partial charge in [0.2, 0.25) is 0 Å². The lowest BCUT2D eigenvalue weighted by Gasteiger charge is -2.20. The highest BCUT2D eigenvalue weighted by Crippen LogP contribution is 2.35. The number of hydrogen-bond acceptors (Lipinski definition) is 3. The fraction of sp³-hybridized carbons (Fsp3) is 0.727. The Kier molecular flexibility index (Phi) is 3.19. The summed E-state index contributed by atoms with van der Waals surface area (Å²) in [6.07, 6.45) is 4.93. The fourth-order valence-electron chi connectivity index (χ4n) is 2.15. The molecule has 0 aromatic carbocycles. The van der Waals surface area contributed by atoms with Gasteiger partial charge in [-0.1, -0.05) is 6.92 Å². The molecule has 0 saturated carbocycles. The van der Waals surface area contributed by atoms with Gasteiger partial charge in [-0.25, -0.2) is 4.98 Å². The van der Waals surface area contributed by atoms with Crippen molar-refractivity contribution in [1.82, 2.24) is 10.3 Å². The van der Waals surface area contributed by atoms with Crippen LogP contribution < -0.4 is 5.32 Å². The predicted octanol–water partition coefficient (Wildman–Crippen LogP) is 2.34. The van der Waals surface area contributed by atoms with Gasteiger partial charge in [0.05, 0.1) is 10.7 Å². The lowest BCUT2D eigenvalue weighted by atomic mass is 9.92. The molecule has 2 nitrogen and oxygen atoms in total. The maximum atomic E-state index is 4.69. The summed E-state index contributed by atoms with van der Waals surface area (Å²) in [4.78, 5) is 6.25. The quantitative estimate of drug-likeness (QED) is 0.828. The lowest BCUT2D eigenvalue weighted by molar-refractivity contribution is 0.532. The smallest absolute Gasteiger partial charge is 0.0928 e. The molecule has 2 rings (SSSR count). The summed E-state index contributed by atoms with van der Waals surface area (Å²) in [5.41, 5.74) is 1.39. The molecule has 1 aliphatic carbocycles. The lowest BCUT2D eigenvalue weighted by Crippen LogP contribution is -2.20. The van der Waals surface area contributed by atoms with Crippen LogP contribution in [0.1, 0.15) is 41.3 Å². The maximum absolute atomic E-state index is 4.69. The Bertz CT molecular complexity index is 306. The highest BCUT2D eigenvalue weighted by Gasteiger charge is 2.23. The van der Waals surface area contributed by atoms with Crippen LogP contribution in [-0.4, -0.2) is 18.6 Å². The Morgan fingerprint density at radius 1 is 1.57 bits per heavy atom. The van der Waals surface area contributed by atoms with Gasteiger partial charge in [-0.3, -0.25) is 0 Å². The Hall–Kier alpha value is -0.410. The number of hydrogen-bond donors (Lipinski definition) is 1. The van der Waals surface area contributed by atoms with E-state index in [0.717, 1.165) is 18.9 Å². The molecule has 1 aliphatic rings. The normalized spacial score (nSPS) is 20.9. The van der Waals surface area contributed by atoms with E-state index >= 15 is 0 Å². The summed E-state index contributed by atoms with van der Waals surface area (Å²) in [5.74, 6) is 0.724. The molecule has 1 aromatic rings.